The summed E-state index contributed by atoms with van der Waals surface area (Å²) in [5, 5.41) is 2.78. The number of nitrogens with one attached hydrogen (secondary N) is 1. The summed E-state index contributed by atoms with van der Waals surface area (Å²) in [6.45, 7) is 1.90. The van der Waals surface area contributed by atoms with Gasteiger partial charge in [0.1, 0.15) is 6.04 Å². The zero-order valence-corrected chi connectivity index (χ0v) is 13.3. The fourth-order valence-electron chi connectivity index (χ4n) is 2.82. The highest BCUT2D eigenvalue weighted by molar-refractivity contribution is 5.94. The molecule has 0 spiro atoms. The average molecular weight is 331 g/mol. The molecule has 0 aromatic carbocycles. The van der Waals surface area contributed by atoms with Crippen LogP contribution in [0.15, 0.2) is 12.1 Å². The van der Waals surface area contributed by atoms with Crippen molar-refractivity contribution in [2.45, 2.75) is 38.0 Å². The number of hydrogen-bond acceptors (Lipinski definition) is 4. The van der Waals surface area contributed by atoms with Crippen LogP contribution in [0.25, 0.3) is 0 Å². The number of aromatic nitrogens is 1. The molecule has 23 heavy (non-hydrogen) atoms. The van der Waals surface area contributed by atoms with E-state index < -0.39 is 12.2 Å². The van der Waals surface area contributed by atoms with Crippen molar-refractivity contribution >= 4 is 5.91 Å². The molecule has 0 unspecified atom stereocenters. The molecule has 2 heterocycles. The molecular formula is C15H20F3N3O2. The largest absolute Gasteiger partial charge is 0.481 e. The monoisotopic (exact) mass is 331 g/mol. The van der Waals surface area contributed by atoms with Gasteiger partial charge in [-0.05, 0) is 32.9 Å². The summed E-state index contributed by atoms with van der Waals surface area (Å²) in [6, 6.07) is 1.36. The summed E-state index contributed by atoms with van der Waals surface area (Å²) < 4.78 is 43.5. The van der Waals surface area contributed by atoms with Crippen molar-refractivity contribution in [1.29, 1.82) is 0 Å². The van der Waals surface area contributed by atoms with Gasteiger partial charge in [0.15, 0.2) is 0 Å². The highest BCUT2D eigenvalue weighted by atomic mass is 19.4. The van der Waals surface area contributed by atoms with Crippen molar-refractivity contribution in [3.8, 4) is 5.88 Å². The summed E-state index contributed by atoms with van der Waals surface area (Å²) in [7, 11) is 2.88. The maximum absolute atomic E-state index is 12.8. The van der Waals surface area contributed by atoms with Crippen molar-refractivity contribution in [1.82, 2.24) is 15.2 Å². The summed E-state index contributed by atoms with van der Waals surface area (Å²) in [4.78, 5) is 17.6. The lowest BCUT2D eigenvalue weighted by molar-refractivity contribution is -0.188. The molecule has 1 fully saturated rings. The Morgan fingerprint density at radius 1 is 1.39 bits per heavy atom. The molecule has 0 radical (unpaired) electrons. The van der Waals surface area contributed by atoms with E-state index >= 15 is 0 Å². The lowest BCUT2D eigenvalue weighted by atomic mass is 9.98. The third-order valence-electron chi connectivity index (χ3n) is 3.94. The van der Waals surface area contributed by atoms with Crippen LogP contribution in [0, 0.1) is 6.92 Å². The van der Waals surface area contributed by atoms with Gasteiger partial charge >= 0.3 is 6.18 Å². The van der Waals surface area contributed by atoms with Gasteiger partial charge in [0.2, 0.25) is 5.88 Å². The molecule has 1 aromatic rings. The zero-order valence-electron chi connectivity index (χ0n) is 13.3. The Hall–Kier alpha value is -1.83. The standard InChI is InChI=1S/C15H20F3N3O2/c1-9-6-10(7-13(19-9)23-3)14(22)20-11-4-5-12(15(16,17)18)21(2)8-11/h6-7,11-12H,4-5,8H2,1-3H3,(H,20,22)/t11-,12+/m1/s1. The van der Waals surface area contributed by atoms with E-state index in [9.17, 15) is 18.0 Å². The van der Waals surface area contributed by atoms with Crippen LogP contribution in [0.4, 0.5) is 13.2 Å². The molecule has 2 atom stereocenters. The molecule has 1 aliphatic heterocycles. The topological polar surface area (TPSA) is 54.5 Å². The third-order valence-corrected chi connectivity index (χ3v) is 3.94. The molecule has 5 nitrogen and oxygen atoms in total. The van der Waals surface area contributed by atoms with Crippen LogP contribution in [-0.4, -0.2) is 54.8 Å². The quantitative estimate of drug-likeness (QED) is 0.922. The third kappa shape index (κ3) is 4.34. The first kappa shape index (κ1) is 17.5. The number of pyridine rings is 1. The number of nitrogens with zero attached hydrogens (tertiary/aromatic N) is 2. The lowest BCUT2D eigenvalue weighted by Gasteiger charge is -2.38. The van der Waals surface area contributed by atoms with E-state index in [2.05, 4.69) is 10.3 Å². The molecule has 1 aliphatic rings. The predicted molar refractivity (Wildman–Crippen MR) is 78.5 cm³/mol. The van der Waals surface area contributed by atoms with Crippen LogP contribution < -0.4 is 10.1 Å². The number of likely N-dealkylation sites (tertiary alicyclic amines) is 1. The van der Waals surface area contributed by atoms with E-state index in [1.165, 1.54) is 25.1 Å². The molecule has 1 N–H and O–H groups in total. The van der Waals surface area contributed by atoms with E-state index in [4.69, 9.17) is 4.74 Å². The first-order valence-electron chi connectivity index (χ1n) is 7.31. The van der Waals surface area contributed by atoms with Gasteiger partial charge in [0.25, 0.3) is 5.91 Å². The van der Waals surface area contributed by atoms with Crippen molar-refractivity contribution in [2.24, 2.45) is 0 Å². The molecule has 1 amide bonds. The Labute approximate surface area is 132 Å². The number of piperidine rings is 1. The molecule has 0 saturated carbocycles. The Balaban J connectivity index is 2.01. The van der Waals surface area contributed by atoms with Gasteiger partial charge in [-0.15, -0.1) is 0 Å². The number of amides is 1. The molecule has 0 aliphatic carbocycles. The van der Waals surface area contributed by atoms with Gasteiger partial charge in [-0.25, -0.2) is 4.98 Å². The number of rotatable bonds is 3. The van der Waals surface area contributed by atoms with Crippen LogP contribution in [0.5, 0.6) is 5.88 Å². The highest BCUT2D eigenvalue weighted by Gasteiger charge is 2.44. The maximum Gasteiger partial charge on any atom is 0.404 e. The Morgan fingerprint density at radius 2 is 2.09 bits per heavy atom. The minimum atomic E-state index is -4.24. The van der Waals surface area contributed by atoms with Gasteiger partial charge in [0, 0.05) is 29.9 Å². The molecule has 0 bridgehead atoms. The van der Waals surface area contributed by atoms with Gasteiger partial charge in [-0.3, -0.25) is 9.69 Å². The summed E-state index contributed by atoms with van der Waals surface area (Å²) >= 11 is 0. The van der Waals surface area contributed by atoms with Crippen LogP contribution in [-0.2, 0) is 0 Å². The molecule has 128 valence electrons. The van der Waals surface area contributed by atoms with Crippen molar-refractivity contribution in [3.05, 3.63) is 23.4 Å². The number of carbonyl (C=O) groups excluding carboxylic acids is 1. The second-order valence-electron chi connectivity index (χ2n) is 5.78. The maximum atomic E-state index is 12.8. The average Bonchev–Trinajstić information content (AvgIpc) is 2.45. The number of aryl methyl sites for hydroxylation is 1. The van der Waals surface area contributed by atoms with Crippen LogP contribution >= 0.6 is 0 Å². The summed E-state index contributed by atoms with van der Waals surface area (Å²) in [5.41, 5.74) is 1.02. The van der Waals surface area contributed by atoms with Gasteiger partial charge in [0.05, 0.1) is 7.11 Å². The molecule has 1 saturated heterocycles. The van der Waals surface area contributed by atoms with E-state index in [0.717, 1.165) is 0 Å². The first-order valence-corrected chi connectivity index (χ1v) is 7.31. The molecule has 2 rings (SSSR count). The van der Waals surface area contributed by atoms with Gasteiger partial charge < -0.3 is 10.1 Å². The second kappa shape index (κ2) is 6.74. The minimum absolute atomic E-state index is 0.0242. The van der Waals surface area contributed by atoms with Crippen LogP contribution in [0.3, 0.4) is 0 Å². The number of hydrogen-bond donors (Lipinski definition) is 1. The van der Waals surface area contributed by atoms with Crippen LogP contribution in [0.2, 0.25) is 0 Å². The van der Waals surface area contributed by atoms with E-state index in [0.29, 0.717) is 23.6 Å². The number of carbonyl (C=O) groups is 1. The SMILES string of the molecule is COc1cc(C(=O)N[C@@H]2CC[C@@H](C(F)(F)F)N(C)C2)cc(C)n1. The van der Waals surface area contributed by atoms with Gasteiger partial charge in [-0.1, -0.05) is 0 Å². The molecule has 8 heteroatoms. The van der Waals surface area contributed by atoms with E-state index in [1.807, 2.05) is 0 Å². The van der Waals surface area contributed by atoms with Crippen molar-refractivity contribution in [2.75, 3.05) is 20.7 Å². The Bertz CT molecular complexity index is 578. The second-order valence-corrected chi connectivity index (χ2v) is 5.78. The lowest BCUT2D eigenvalue weighted by Crippen LogP contribution is -2.54. The number of ether oxygens (including phenoxy) is 1. The fourth-order valence-corrected chi connectivity index (χ4v) is 2.82. The van der Waals surface area contributed by atoms with E-state index in [1.54, 1.807) is 13.0 Å². The fraction of sp³-hybridized carbons (Fsp3) is 0.600. The smallest absolute Gasteiger partial charge is 0.404 e. The number of likely N-dealkylation sites (N-methyl/N-ethyl adjacent to an activating group) is 1. The molecular weight excluding hydrogens is 311 g/mol. The molecule has 1 aromatic heterocycles. The minimum Gasteiger partial charge on any atom is -0.481 e. The summed E-state index contributed by atoms with van der Waals surface area (Å²) in [6.07, 6.45) is -3.97. The number of halogens is 3. The number of methoxy groups -OCH3 is 1. The Morgan fingerprint density at radius 3 is 2.65 bits per heavy atom. The van der Waals surface area contributed by atoms with Crippen molar-refractivity contribution < 1.29 is 22.7 Å². The van der Waals surface area contributed by atoms with Crippen molar-refractivity contribution in [3.63, 3.8) is 0 Å². The highest BCUT2D eigenvalue weighted by Crippen LogP contribution is 2.30. The van der Waals surface area contributed by atoms with Crippen LogP contribution in [0.1, 0.15) is 28.9 Å². The first-order chi connectivity index (χ1) is 10.7. The predicted octanol–water partition coefficient (Wildman–Crippen LogP) is 2.15. The number of alkyl halides is 3. The van der Waals surface area contributed by atoms with Gasteiger partial charge in [-0.2, -0.15) is 13.2 Å². The van der Waals surface area contributed by atoms with E-state index in [-0.39, 0.29) is 24.9 Å². The summed E-state index contributed by atoms with van der Waals surface area (Å²) in [5.74, 6) is -0.00861. The Kier molecular flexibility index (Phi) is 5.13. The normalized spacial score (nSPS) is 22.7. The zero-order chi connectivity index (χ0) is 17.2.